The summed E-state index contributed by atoms with van der Waals surface area (Å²) in [5, 5.41) is 36.2. The second-order valence-corrected chi connectivity index (χ2v) is 11.4. The van der Waals surface area contributed by atoms with Gasteiger partial charge in [0.1, 0.15) is 25.4 Å². The molecule has 2 aromatic heterocycles. The Labute approximate surface area is 232 Å². The zero-order chi connectivity index (χ0) is 27.9. The van der Waals surface area contributed by atoms with Gasteiger partial charge in [-0.25, -0.2) is 9.07 Å². The molecule has 2 heterocycles. The highest BCUT2D eigenvalue weighted by Gasteiger charge is 2.34. The monoisotopic (exact) mass is 543 g/mol. The molecule has 1 saturated carbocycles. The van der Waals surface area contributed by atoms with Crippen molar-refractivity contribution in [3.63, 3.8) is 0 Å². The molecule has 39 heavy (non-hydrogen) atoms. The third-order valence-corrected chi connectivity index (χ3v) is 7.36. The Morgan fingerprint density at radius 1 is 1.26 bits per heavy atom. The number of benzene rings is 2. The van der Waals surface area contributed by atoms with Gasteiger partial charge in [0.15, 0.2) is 0 Å². The van der Waals surface area contributed by atoms with Gasteiger partial charge in [-0.05, 0) is 48.1 Å². The highest BCUT2D eigenvalue weighted by atomic mass is 35.5. The van der Waals surface area contributed by atoms with E-state index in [9.17, 15) is 14.8 Å². The third-order valence-electron chi connectivity index (χ3n) is 7.07. The number of aliphatic hydroxyl groups is 1. The Hall–Kier alpha value is -3.68. The molecule has 2 atom stereocenters. The highest BCUT2D eigenvalue weighted by Crippen LogP contribution is 2.39. The normalized spacial score (nSPS) is 15.9. The van der Waals surface area contributed by atoms with Crippen molar-refractivity contribution in [1.29, 1.82) is 5.26 Å². The van der Waals surface area contributed by atoms with E-state index < -0.39 is 5.44 Å². The number of fused-ring (bicyclic) bond motifs is 1. The van der Waals surface area contributed by atoms with Crippen LogP contribution in [0, 0.1) is 22.6 Å². The van der Waals surface area contributed by atoms with E-state index in [-0.39, 0.29) is 23.9 Å². The molecule has 0 saturated heterocycles. The second kappa shape index (κ2) is 10.1. The first kappa shape index (κ1) is 26.9. The molecule has 0 aliphatic heterocycles. The lowest BCUT2D eigenvalue weighted by molar-refractivity contribution is 0.202. The van der Waals surface area contributed by atoms with E-state index in [0.29, 0.717) is 50.2 Å². The van der Waals surface area contributed by atoms with Gasteiger partial charge in [-0.2, -0.15) is 5.26 Å². The molecule has 1 unspecified atom stereocenters. The molecule has 3 N–H and O–H groups in total. The van der Waals surface area contributed by atoms with Gasteiger partial charge in [-0.15, -0.1) is 5.10 Å². The Balaban J connectivity index is 1.63. The lowest BCUT2D eigenvalue weighted by atomic mass is 9.69. The van der Waals surface area contributed by atoms with Crippen LogP contribution in [0.15, 0.2) is 48.8 Å². The zero-order valence-corrected chi connectivity index (χ0v) is 22.7. The Kier molecular flexibility index (Phi) is 6.99. The number of nitrogens with zero attached hydrogens (tertiary/aromatic N) is 5. The van der Waals surface area contributed by atoms with Gasteiger partial charge in [0.25, 0.3) is 0 Å². The minimum atomic E-state index is -1.38. The lowest BCUT2D eigenvalue weighted by Crippen LogP contribution is -2.38. The lowest BCUT2D eigenvalue weighted by Gasteiger charge is -2.32. The van der Waals surface area contributed by atoms with Crippen LogP contribution >= 0.6 is 11.6 Å². The summed E-state index contributed by atoms with van der Waals surface area (Å²) in [5.41, 5.74) is 1.15. The molecule has 1 aliphatic rings. The molecule has 8 nitrogen and oxygen atoms in total. The fourth-order valence-electron chi connectivity index (χ4n) is 4.48. The van der Waals surface area contributed by atoms with Crippen molar-refractivity contribution in [3.8, 4) is 6.07 Å². The van der Waals surface area contributed by atoms with Crippen molar-refractivity contribution in [2.45, 2.75) is 51.1 Å². The Morgan fingerprint density at radius 2 is 1.97 bits per heavy atom. The molecule has 1 aliphatic carbocycles. The number of anilines is 2. The molecular formula is C28H28BClFN7O. The van der Waals surface area contributed by atoms with Gasteiger partial charge in [0.2, 0.25) is 0 Å². The van der Waals surface area contributed by atoms with Crippen molar-refractivity contribution in [2.24, 2.45) is 5.41 Å². The smallest absolute Gasteiger partial charge is 0.123 e. The number of halogens is 2. The number of aliphatic hydroxyl groups excluding tert-OH is 1. The molecule has 0 amide bonds. The number of hydrogen-bond donors (Lipinski definition) is 3. The molecule has 5 rings (SSSR count). The van der Waals surface area contributed by atoms with Crippen molar-refractivity contribution >= 4 is 41.7 Å². The average molecular weight is 544 g/mol. The molecule has 0 spiro atoms. The molecule has 11 heteroatoms. The van der Waals surface area contributed by atoms with E-state index in [1.165, 1.54) is 18.3 Å². The summed E-state index contributed by atoms with van der Waals surface area (Å²) in [6, 6.07) is 11.5. The van der Waals surface area contributed by atoms with Crippen LogP contribution in [0.1, 0.15) is 56.5 Å². The predicted octanol–water partition coefficient (Wildman–Crippen LogP) is 5.13. The van der Waals surface area contributed by atoms with Gasteiger partial charge in [0.05, 0.1) is 52.1 Å². The van der Waals surface area contributed by atoms with Crippen molar-refractivity contribution in [3.05, 3.63) is 76.5 Å². The SMILES string of the molecule is [B]C(Nc1cc(Cl)c2ncc(C#N)c(N[C@H](CO)C(C)(C)C)c2c1)(c1ccc(F)cc1)c1cn(C2CC2)nn1. The maximum atomic E-state index is 13.8. The van der Waals surface area contributed by atoms with Crippen LogP contribution in [0.25, 0.3) is 10.9 Å². The van der Waals surface area contributed by atoms with E-state index in [4.69, 9.17) is 19.4 Å². The van der Waals surface area contributed by atoms with Gasteiger partial charge in [0, 0.05) is 17.3 Å². The molecule has 1 fully saturated rings. The number of nitriles is 1. The third kappa shape index (κ3) is 5.29. The van der Waals surface area contributed by atoms with E-state index >= 15 is 0 Å². The van der Waals surface area contributed by atoms with E-state index in [1.807, 2.05) is 20.8 Å². The van der Waals surface area contributed by atoms with Crippen molar-refractivity contribution in [1.82, 2.24) is 20.0 Å². The maximum Gasteiger partial charge on any atom is 0.123 e. The Morgan fingerprint density at radius 3 is 2.59 bits per heavy atom. The van der Waals surface area contributed by atoms with E-state index in [1.54, 1.807) is 35.1 Å². The standard InChI is InChI=1S/C28H28BClFN7O/c1-27(2,3)24(15-39)34-25-16(12-32)13-33-26-21(25)10-19(11-22(26)30)35-28(29,17-4-6-18(31)7-5-17)23-14-38(37-36-23)20-8-9-20/h4-7,10-11,13-14,20,24,35,39H,8-9,15H2,1-3H3,(H,33,34)/t24-,28?/m1/s1. The summed E-state index contributed by atoms with van der Waals surface area (Å²) in [6.45, 7) is 5.85. The van der Waals surface area contributed by atoms with Crippen LogP contribution in [-0.4, -0.2) is 45.6 Å². The van der Waals surface area contributed by atoms with Crippen LogP contribution in [-0.2, 0) is 5.44 Å². The number of rotatable bonds is 8. The molecular weight excluding hydrogens is 516 g/mol. The first-order valence-corrected chi connectivity index (χ1v) is 13.1. The van der Waals surface area contributed by atoms with Gasteiger partial charge < -0.3 is 15.7 Å². The number of pyridine rings is 1. The first-order chi connectivity index (χ1) is 18.5. The summed E-state index contributed by atoms with van der Waals surface area (Å²) >= 11 is 6.70. The maximum absolute atomic E-state index is 13.8. The fraction of sp³-hybridized carbons (Fsp3) is 0.357. The fourth-order valence-corrected chi connectivity index (χ4v) is 4.75. The summed E-state index contributed by atoms with van der Waals surface area (Å²) in [4.78, 5) is 4.42. The van der Waals surface area contributed by atoms with Gasteiger partial charge in [-0.3, -0.25) is 4.98 Å². The average Bonchev–Trinajstić information content (AvgIpc) is 3.62. The zero-order valence-electron chi connectivity index (χ0n) is 21.9. The van der Waals surface area contributed by atoms with Crippen LogP contribution in [0.2, 0.25) is 5.02 Å². The summed E-state index contributed by atoms with van der Waals surface area (Å²) < 4.78 is 15.6. The number of hydrogen-bond acceptors (Lipinski definition) is 7. The van der Waals surface area contributed by atoms with Crippen LogP contribution in [0.5, 0.6) is 0 Å². The largest absolute Gasteiger partial charge is 0.394 e. The first-order valence-electron chi connectivity index (χ1n) is 12.7. The van der Waals surface area contributed by atoms with Crippen LogP contribution in [0.3, 0.4) is 0 Å². The quantitative estimate of drug-likeness (QED) is 0.264. The topological polar surface area (TPSA) is 112 Å². The Bertz CT molecular complexity index is 1560. The molecule has 4 aromatic rings. The number of nitrogens with one attached hydrogen (secondary N) is 2. The van der Waals surface area contributed by atoms with E-state index in [2.05, 4.69) is 32.0 Å². The van der Waals surface area contributed by atoms with E-state index in [0.717, 1.165) is 12.8 Å². The minimum Gasteiger partial charge on any atom is -0.394 e. The summed E-state index contributed by atoms with van der Waals surface area (Å²) in [7, 11) is 7.00. The van der Waals surface area contributed by atoms with Crippen molar-refractivity contribution < 1.29 is 9.50 Å². The summed E-state index contributed by atoms with van der Waals surface area (Å²) in [5.74, 6) is -0.389. The number of aromatic nitrogens is 4. The van der Waals surface area contributed by atoms with Gasteiger partial charge >= 0.3 is 0 Å². The highest BCUT2D eigenvalue weighted by molar-refractivity contribution is 6.36. The molecule has 2 aromatic carbocycles. The van der Waals surface area contributed by atoms with Crippen LogP contribution < -0.4 is 10.6 Å². The molecule has 198 valence electrons. The molecule has 0 bridgehead atoms. The van der Waals surface area contributed by atoms with Crippen molar-refractivity contribution in [2.75, 3.05) is 17.2 Å². The summed E-state index contributed by atoms with van der Waals surface area (Å²) in [6.07, 6.45) is 5.31. The molecule has 2 radical (unpaired) electrons. The van der Waals surface area contributed by atoms with Gasteiger partial charge in [-0.1, -0.05) is 49.7 Å². The minimum absolute atomic E-state index is 0.142. The van der Waals surface area contributed by atoms with Crippen LogP contribution in [0.4, 0.5) is 15.8 Å². The second-order valence-electron chi connectivity index (χ2n) is 11.0. The predicted molar refractivity (Wildman–Crippen MR) is 150 cm³/mol.